The van der Waals surface area contributed by atoms with E-state index in [0.717, 1.165) is 27.0 Å². The van der Waals surface area contributed by atoms with E-state index in [1.165, 1.54) is 0 Å². The molecule has 1 saturated heterocycles. The van der Waals surface area contributed by atoms with Gasteiger partial charge in [0.2, 0.25) is 0 Å². The maximum Gasteiger partial charge on any atom is 0.191 e. The number of nitrogens with zero attached hydrogens (tertiary/aromatic N) is 3. The zero-order valence-corrected chi connectivity index (χ0v) is 16.4. The molecule has 6 nitrogen and oxygen atoms in total. The molecule has 1 aromatic heterocycles. The van der Waals surface area contributed by atoms with Gasteiger partial charge >= 0.3 is 0 Å². The van der Waals surface area contributed by atoms with Crippen molar-refractivity contribution in [3.63, 3.8) is 0 Å². The van der Waals surface area contributed by atoms with Crippen molar-refractivity contribution in [2.24, 2.45) is 7.05 Å². The summed E-state index contributed by atoms with van der Waals surface area (Å²) < 4.78 is 31.8. The number of halogens is 1. The van der Waals surface area contributed by atoms with E-state index >= 15 is 0 Å². The van der Waals surface area contributed by atoms with Gasteiger partial charge in [-0.3, -0.25) is 0 Å². The first-order valence-electron chi connectivity index (χ1n) is 7.55. The van der Waals surface area contributed by atoms with Crippen LogP contribution in [0.5, 0.6) is 5.75 Å². The molecule has 9 heteroatoms. The van der Waals surface area contributed by atoms with Crippen LogP contribution in [0.2, 0.25) is 0 Å². The van der Waals surface area contributed by atoms with Crippen molar-refractivity contribution in [1.29, 1.82) is 0 Å². The normalized spacial score (nSPS) is 19.5. The molecule has 24 heavy (non-hydrogen) atoms. The van der Waals surface area contributed by atoms with E-state index < -0.39 is 9.84 Å². The molecule has 0 N–H and O–H groups in total. The predicted molar refractivity (Wildman–Crippen MR) is 97.4 cm³/mol. The van der Waals surface area contributed by atoms with Crippen molar-refractivity contribution in [3.8, 4) is 5.75 Å². The highest BCUT2D eigenvalue weighted by Crippen LogP contribution is 2.29. The Bertz CT molecular complexity index is 823. The summed E-state index contributed by atoms with van der Waals surface area (Å²) in [4.78, 5) is 0. The molecule has 1 aliphatic heterocycles. The molecule has 130 valence electrons. The van der Waals surface area contributed by atoms with Crippen molar-refractivity contribution in [3.05, 3.63) is 34.6 Å². The number of benzene rings is 1. The van der Waals surface area contributed by atoms with Gasteiger partial charge in [0.1, 0.15) is 11.6 Å². The van der Waals surface area contributed by atoms with Crippen LogP contribution >= 0.6 is 27.7 Å². The second kappa shape index (κ2) is 7.45. The molecule has 1 aromatic carbocycles. The second-order valence-corrected chi connectivity index (χ2v) is 9.86. The molecule has 0 aliphatic carbocycles. The molecular weight excluding hydrogens is 414 g/mol. The molecule has 2 heterocycles. The maximum absolute atomic E-state index is 11.6. The van der Waals surface area contributed by atoms with E-state index in [0.29, 0.717) is 13.0 Å². The summed E-state index contributed by atoms with van der Waals surface area (Å²) in [5, 5.41) is 9.16. The fourth-order valence-corrected chi connectivity index (χ4v) is 5.51. The summed E-state index contributed by atoms with van der Waals surface area (Å²) in [7, 11) is -1.03. The van der Waals surface area contributed by atoms with E-state index in [2.05, 4.69) is 26.1 Å². The summed E-state index contributed by atoms with van der Waals surface area (Å²) in [6, 6.07) is 7.71. The van der Waals surface area contributed by atoms with E-state index in [9.17, 15) is 8.42 Å². The summed E-state index contributed by atoms with van der Waals surface area (Å²) in [5.74, 6) is 2.69. The topological polar surface area (TPSA) is 74.1 Å². The van der Waals surface area contributed by atoms with E-state index in [4.69, 9.17) is 4.74 Å². The third kappa shape index (κ3) is 4.31. The zero-order valence-electron chi connectivity index (χ0n) is 13.2. The van der Waals surface area contributed by atoms with Crippen LogP contribution in [0.25, 0.3) is 0 Å². The molecule has 0 amide bonds. The smallest absolute Gasteiger partial charge is 0.191 e. The summed E-state index contributed by atoms with van der Waals surface area (Å²) in [6.07, 6.45) is 0.630. The van der Waals surface area contributed by atoms with Gasteiger partial charge in [-0.1, -0.05) is 33.8 Å². The number of ether oxygens (including phenoxy) is 1. The van der Waals surface area contributed by atoms with Crippen molar-refractivity contribution >= 4 is 37.5 Å². The summed E-state index contributed by atoms with van der Waals surface area (Å²) >= 11 is 4.96. The van der Waals surface area contributed by atoms with E-state index in [1.54, 1.807) is 11.8 Å². The molecule has 1 fully saturated rings. The van der Waals surface area contributed by atoms with Crippen LogP contribution < -0.4 is 4.74 Å². The van der Waals surface area contributed by atoms with Gasteiger partial charge in [-0.2, -0.15) is 0 Å². The number of hydrogen-bond acceptors (Lipinski definition) is 6. The third-order valence-corrected chi connectivity index (χ3v) is 7.09. The molecule has 0 bridgehead atoms. The average Bonchev–Trinajstić information content (AvgIpc) is 3.06. The molecule has 3 rings (SSSR count). The lowest BCUT2D eigenvalue weighted by atomic mass is 10.1. The Morgan fingerprint density at radius 2 is 2.25 bits per heavy atom. The van der Waals surface area contributed by atoms with Crippen LogP contribution in [0.1, 0.15) is 18.2 Å². The molecule has 1 atom stereocenters. The van der Waals surface area contributed by atoms with Gasteiger partial charge < -0.3 is 9.30 Å². The minimum absolute atomic E-state index is 0.0419. The number of rotatable bonds is 6. The molecule has 0 radical (unpaired) electrons. The molecule has 1 unspecified atom stereocenters. The molecular formula is C15H18BrN3O3S2. The highest BCUT2D eigenvalue weighted by molar-refractivity contribution is 9.10. The molecule has 2 aromatic rings. The first-order valence-corrected chi connectivity index (χ1v) is 11.2. The van der Waals surface area contributed by atoms with Crippen molar-refractivity contribution < 1.29 is 13.2 Å². The van der Waals surface area contributed by atoms with Crippen LogP contribution in [0, 0.1) is 0 Å². The molecule has 0 spiro atoms. The van der Waals surface area contributed by atoms with Crippen molar-refractivity contribution in [2.75, 3.05) is 23.9 Å². The first-order chi connectivity index (χ1) is 11.4. The van der Waals surface area contributed by atoms with Gasteiger partial charge in [-0.15, -0.1) is 10.2 Å². The maximum atomic E-state index is 11.6. The Morgan fingerprint density at radius 1 is 1.42 bits per heavy atom. The minimum Gasteiger partial charge on any atom is -0.493 e. The second-order valence-electron chi connectivity index (χ2n) is 5.65. The van der Waals surface area contributed by atoms with Gasteiger partial charge in [0.15, 0.2) is 15.0 Å². The third-order valence-electron chi connectivity index (χ3n) is 3.85. The predicted octanol–water partition coefficient (Wildman–Crippen LogP) is 2.65. The monoisotopic (exact) mass is 431 g/mol. The average molecular weight is 432 g/mol. The van der Waals surface area contributed by atoms with Crippen molar-refractivity contribution in [2.45, 2.75) is 17.5 Å². The zero-order chi connectivity index (χ0) is 17.2. The quantitative estimate of drug-likeness (QED) is 0.516. The van der Waals surface area contributed by atoms with E-state index in [1.807, 2.05) is 35.9 Å². The van der Waals surface area contributed by atoms with Crippen LogP contribution in [0.4, 0.5) is 0 Å². The standard InChI is InChI=1S/C15H18BrN3O3S2/c1-19-14(11-5-8-24(20,21)10-11)17-18-15(19)23-7-6-22-13-4-2-3-12(16)9-13/h2-4,9,11H,5-8,10H2,1H3. The Balaban J connectivity index is 1.53. The Labute approximate surface area is 154 Å². The highest BCUT2D eigenvalue weighted by atomic mass is 79.9. The Kier molecular flexibility index (Phi) is 5.51. The van der Waals surface area contributed by atoms with Crippen LogP contribution in [0.3, 0.4) is 0 Å². The van der Waals surface area contributed by atoms with Gasteiger partial charge in [-0.25, -0.2) is 8.42 Å². The largest absolute Gasteiger partial charge is 0.493 e. The summed E-state index contributed by atoms with van der Waals surface area (Å²) in [5.41, 5.74) is 0. The van der Waals surface area contributed by atoms with E-state index in [-0.39, 0.29) is 17.4 Å². The van der Waals surface area contributed by atoms with Gasteiger partial charge in [0.05, 0.1) is 18.1 Å². The van der Waals surface area contributed by atoms with Gasteiger partial charge in [0.25, 0.3) is 0 Å². The molecule has 0 saturated carbocycles. The fraction of sp³-hybridized carbons (Fsp3) is 0.467. The van der Waals surface area contributed by atoms with Crippen LogP contribution in [-0.4, -0.2) is 47.0 Å². The number of hydrogen-bond donors (Lipinski definition) is 0. The summed E-state index contributed by atoms with van der Waals surface area (Å²) in [6.45, 7) is 0.557. The number of thioether (sulfide) groups is 1. The van der Waals surface area contributed by atoms with Gasteiger partial charge in [-0.05, 0) is 24.6 Å². The SMILES string of the molecule is Cn1c(SCCOc2cccc(Br)c2)nnc1C1CCS(=O)(=O)C1. The lowest BCUT2D eigenvalue weighted by Gasteiger charge is -2.08. The molecule has 1 aliphatic rings. The van der Waals surface area contributed by atoms with Crippen LogP contribution in [0.15, 0.2) is 33.9 Å². The Morgan fingerprint density at radius 3 is 2.96 bits per heavy atom. The first kappa shape index (κ1) is 17.8. The highest BCUT2D eigenvalue weighted by Gasteiger charge is 2.32. The fourth-order valence-electron chi connectivity index (χ4n) is 2.66. The minimum atomic E-state index is -2.92. The lowest BCUT2D eigenvalue weighted by molar-refractivity contribution is 0.343. The lowest BCUT2D eigenvalue weighted by Crippen LogP contribution is -2.09. The number of aromatic nitrogens is 3. The van der Waals surface area contributed by atoms with Gasteiger partial charge in [0, 0.05) is 23.2 Å². The number of sulfone groups is 1. The van der Waals surface area contributed by atoms with Crippen molar-refractivity contribution in [1.82, 2.24) is 14.8 Å². The Hall–Kier alpha value is -1.06. The van der Waals surface area contributed by atoms with Crippen LogP contribution in [-0.2, 0) is 16.9 Å².